The van der Waals surface area contributed by atoms with Gasteiger partial charge in [-0.05, 0) is 36.5 Å². The van der Waals surface area contributed by atoms with Gasteiger partial charge < -0.3 is 9.94 Å². The van der Waals surface area contributed by atoms with Gasteiger partial charge in [0.25, 0.3) is 0 Å². The SMILES string of the molecule is COc1ccc(C(NO)C2CC2)cc1. The molecule has 0 amide bonds. The molecule has 1 aliphatic carbocycles. The fraction of sp³-hybridized carbons (Fsp3) is 0.455. The van der Waals surface area contributed by atoms with Gasteiger partial charge >= 0.3 is 0 Å². The van der Waals surface area contributed by atoms with Crippen molar-refractivity contribution < 1.29 is 9.94 Å². The molecule has 0 heterocycles. The van der Waals surface area contributed by atoms with Gasteiger partial charge in [0.15, 0.2) is 0 Å². The fourth-order valence-electron chi connectivity index (χ4n) is 1.69. The highest BCUT2D eigenvalue weighted by molar-refractivity contribution is 5.29. The molecule has 2 rings (SSSR count). The largest absolute Gasteiger partial charge is 0.497 e. The summed E-state index contributed by atoms with van der Waals surface area (Å²) >= 11 is 0. The van der Waals surface area contributed by atoms with E-state index in [1.807, 2.05) is 24.3 Å². The van der Waals surface area contributed by atoms with Crippen LogP contribution >= 0.6 is 0 Å². The third kappa shape index (κ3) is 1.89. The van der Waals surface area contributed by atoms with E-state index in [1.54, 1.807) is 7.11 Å². The summed E-state index contributed by atoms with van der Waals surface area (Å²) < 4.78 is 5.08. The molecular formula is C11H15NO2. The van der Waals surface area contributed by atoms with Gasteiger partial charge in [-0.1, -0.05) is 12.1 Å². The summed E-state index contributed by atoms with van der Waals surface area (Å²) in [7, 11) is 1.65. The van der Waals surface area contributed by atoms with Crippen LogP contribution in [-0.2, 0) is 0 Å². The first-order valence-electron chi connectivity index (χ1n) is 4.88. The predicted molar refractivity (Wildman–Crippen MR) is 53.4 cm³/mol. The predicted octanol–water partition coefficient (Wildman–Crippen LogP) is 2.13. The zero-order valence-electron chi connectivity index (χ0n) is 8.23. The maximum absolute atomic E-state index is 9.04. The standard InChI is InChI=1S/C11H15NO2/c1-14-10-6-4-9(5-7-10)11(12-13)8-2-3-8/h4-8,11-13H,2-3H2,1H3. The van der Waals surface area contributed by atoms with E-state index < -0.39 is 0 Å². The van der Waals surface area contributed by atoms with Gasteiger partial charge in [-0.25, -0.2) is 0 Å². The molecule has 14 heavy (non-hydrogen) atoms. The molecule has 2 N–H and O–H groups in total. The van der Waals surface area contributed by atoms with Gasteiger partial charge in [0, 0.05) is 0 Å². The lowest BCUT2D eigenvalue weighted by atomic mass is 10.0. The van der Waals surface area contributed by atoms with E-state index in [9.17, 15) is 0 Å². The Balaban J connectivity index is 2.13. The summed E-state index contributed by atoms with van der Waals surface area (Å²) in [5, 5.41) is 9.04. The highest BCUT2D eigenvalue weighted by atomic mass is 16.5. The Labute approximate surface area is 83.7 Å². The molecule has 0 aromatic heterocycles. The van der Waals surface area contributed by atoms with Gasteiger partial charge in [0.2, 0.25) is 0 Å². The Hall–Kier alpha value is -1.06. The van der Waals surface area contributed by atoms with Crippen LogP contribution in [-0.4, -0.2) is 12.3 Å². The summed E-state index contributed by atoms with van der Waals surface area (Å²) in [6, 6.07) is 7.90. The lowest BCUT2D eigenvalue weighted by Gasteiger charge is -2.14. The zero-order valence-corrected chi connectivity index (χ0v) is 8.23. The first kappa shape index (κ1) is 9.49. The molecule has 3 nitrogen and oxygen atoms in total. The van der Waals surface area contributed by atoms with Crippen molar-refractivity contribution in [3.63, 3.8) is 0 Å². The van der Waals surface area contributed by atoms with E-state index in [-0.39, 0.29) is 6.04 Å². The molecule has 0 saturated heterocycles. The van der Waals surface area contributed by atoms with Crippen LogP contribution in [0.4, 0.5) is 0 Å². The van der Waals surface area contributed by atoms with Crippen molar-refractivity contribution in [2.75, 3.05) is 7.11 Å². The average molecular weight is 193 g/mol. The van der Waals surface area contributed by atoms with Gasteiger partial charge in [0.05, 0.1) is 13.2 Å². The number of nitrogens with one attached hydrogen (secondary N) is 1. The molecule has 0 bridgehead atoms. The molecule has 0 aliphatic heterocycles. The molecule has 0 spiro atoms. The Morgan fingerprint density at radius 3 is 2.43 bits per heavy atom. The highest BCUT2D eigenvalue weighted by Crippen LogP contribution is 2.40. The fourth-order valence-corrected chi connectivity index (χ4v) is 1.69. The van der Waals surface area contributed by atoms with Crippen molar-refractivity contribution in [2.45, 2.75) is 18.9 Å². The quantitative estimate of drug-likeness (QED) is 0.720. The van der Waals surface area contributed by atoms with E-state index in [1.165, 1.54) is 12.8 Å². The van der Waals surface area contributed by atoms with Crippen LogP contribution in [0.5, 0.6) is 5.75 Å². The Bertz CT molecular complexity index is 293. The Kier molecular flexibility index (Phi) is 2.70. The smallest absolute Gasteiger partial charge is 0.118 e. The van der Waals surface area contributed by atoms with E-state index in [2.05, 4.69) is 5.48 Å². The molecule has 1 aromatic rings. The minimum Gasteiger partial charge on any atom is -0.497 e. The minimum atomic E-state index is 0.0842. The first-order valence-corrected chi connectivity index (χ1v) is 4.88. The number of hydroxylamine groups is 1. The number of ether oxygens (including phenoxy) is 1. The lowest BCUT2D eigenvalue weighted by molar-refractivity contribution is 0.116. The van der Waals surface area contributed by atoms with E-state index in [4.69, 9.17) is 9.94 Å². The molecule has 1 aliphatic rings. The molecule has 1 aromatic carbocycles. The third-order valence-corrected chi connectivity index (χ3v) is 2.71. The average Bonchev–Trinajstić information content (AvgIpc) is 3.04. The number of methoxy groups -OCH3 is 1. The summed E-state index contributed by atoms with van der Waals surface area (Å²) in [5.74, 6) is 1.44. The second-order valence-corrected chi connectivity index (χ2v) is 3.72. The van der Waals surface area contributed by atoms with Crippen LogP contribution in [0.15, 0.2) is 24.3 Å². The number of benzene rings is 1. The van der Waals surface area contributed by atoms with Crippen molar-refractivity contribution in [1.82, 2.24) is 5.48 Å². The highest BCUT2D eigenvalue weighted by Gasteiger charge is 2.31. The van der Waals surface area contributed by atoms with Crippen molar-refractivity contribution in [3.05, 3.63) is 29.8 Å². The van der Waals surface area contributed by atoms with Crippen molar-refractivity contribution in [1.29, 1.82) is 0 Å². The second kappa shape index (κ2) is 3.98. The molecule has 1 fully saturated rings. The van der Waals surface area contributed by atoms with Gasteiger partial charge in [-0.2, -0.15) is 5.48 Å². The molecule has 1 unspecified atom stereocenters. The maximum atomic E-state index is 9.04. The van der Waals surface area contributed by atoms with Crippen LogP contribution in [0.1, 0.15) is 24.4 Å². The minimum absolute atomic E-state index is 0.0842. The van der Waals surface area contributed by atoms with Crippen LogP contribution in [0, 0.1) is 5.92 Å². The molecule has 3 heteroatoms. The third-order valence-electron chi connectivity index (χ3n) is 2.71. The lowest BCUT2D eigenvalue weighted by Crippen LogP contribution is -2.18. The number of rotatable bonds is 4. The number of hydrogen-bond donors (Lipinski definition) is 2. The van der Waals surface area contributed by atoms with Gasteiger partial charge in [-0.3, -0.25) is 0 Å². The van der Waals surface area contributed by atoms with Crippen LogP contribution in [0.2, 0.25) is 0 Å². The summed E-state index contributed by atoms with van der Waals surface area (Å²) in [6.45, 7) is 0. The molecule has 1 saturated carbocycles. The summed E-state index contributed by atoms with van der Waals surface area (Å²) in [6.07, 6.45) is 2.40. The number of hydrogen-bond acceptors (Lipinski definition) is 3. The van der Waals surface area contributed by atoms with E-state index >= 15 is 0 Å². The van der Waals surface area contributed by atoms with Crippen molar-refractivity contribution in [3.8, 4) is 5.75 Å². The van der Waals surface area contributed by atoms with Gasteiger partial charge in [-0.15, -0.1) is 0 Å². The van der Waals surface area contributed by atoms with Gasteiger partial charge in [0.1, 0.15) is 5.75 Å². The Morgan fingerprint density at radius 1 is 1.36 bits per heavy atom. The van der Waals surface area contributed by atoms with Crippen molar-refractivity contribution >= 4 is 0 Å². The van der Waals surface area contributed by atoms with Crippen LogP contribution in [0.25, 0.3) is 0 Å². The van der Waals surface area contributed by atoms with E-state index in [0.717, 1.165) is 11.3 Å². The molecular weight excluding hydrogens is 178 g/mol. The molecule has 1 atom stereocenters. The topological polar surface area (TPSA) is 41.5 Å². The van der Waals surface area contributed by atoms with Crippen LogP contribution in [0.3, 0.4) is 0 Å². The molecule has 0 radical (unpaired) electrons. The summed E-state index contributed by atoms with van der Waals surface area (Å²) in [4.78, 5) is 0. The summed E-state index contributed by atoms with van der Waals surface area (Å²) in [5.41, 5.74) is 3.50. The first-order chi connectivity index (χ1) is 6.85. The normalized spacial score (nSPS) is 17.9. The zero-order chi connectivity index (χ0) is 9.97. The monoisotopic (exact) mass is 193 g/mol. The Morgan fingerprint density at radius 2 is 2.00 bits per heavy atom. The maximum Gasteiger partial charge on any atom is 0.118 e. The van der Waals surface area contributed by atoms with Crippen LogP contribution < -0.4 is 10.2 Å². The van der Waals surface area contributed by atoms with E-state index in [0.29, 0.717) is 5.92 Å². The second-order valence-electron chi connectivity index (χ2n) is 3.72. The molecule has 76 valence electrons. The van der Waals surface area contributed by atoms with Crippen molar-refractivity contribution in [2.24, 2.45) is 5.92 Å².